The van der Waals surface area contributed by atoms with E-state index in [0.29, 0.717) is 17.8 Å². The number of carbonyl (C=O) groups is 1. The number of nitriles is 1. The number of rotatable bonds is 4. The lowest BCUT2D eigenvalue weighted by atomic mass is 10.00. The summed E-state index contributed by atoms with van der Waals surface area (Å²) in [7, 11) is 0. The molecule has 0 unspecified atom stereocenters. The third-order valence-electron chi connectivity index (χ3n) is 5.30. The monoisotopic (exact) mass is 356 g/mol. The zero-order valence-electron chi connectivity index (χ0n) is 15.3. The summed E-state index contributed by atoms with van der Waals surface area (Å²) in [5.41, 5.74) is 5.34. The minimum absolute atomic E-state index is 0.329. The summed E-state index contributed by atoms with van der Waals surface area (Å²) in [6.07, 6.45) is 3.61. The molecule has 0 spiro atoms. The summed E-state index contributed by atoms with van der Waals surface area (Å²) in [5, 5.41) is 10.3. The molecule has 1 aliphatic heterocycles. The van der Waals surface area contributed by atoms with E-state index in [1.807, 2.05) is 19.1 Å². The molecular weight excluding hydrogens is 336 g/mol. The van der Waals surface area contributed by atoms with Gasteiger partial charge in [-0.1, -0.05) is 30.3 Å². The summed E-state index contributed by atoms with van der Waals surface area (Å²) in [5.74, 6) is 0.761. The smallest absolute Gasteiger partial charge is 0.155 e. The molecule has 0 N–H and O–H groups in total. The Morgan fingerprint density at radius 1 is 1.33 bits per heavy atom. The lowest BCUT2D eigenvalue weighted by Gasteiger charge is -2.30. The number of benzene rings is 1. The van der Waals surface area contributed by atoms with Gasteiger partial charge < -0.3 is 9.47 Å². The summed E-state index contributed by atoms with van der Waals surface area (Å²) in [4.78, 5) is 18.6. The molecule has 5 heteroatoms. The number of fused-ring (bicyclic) bond motifs is 2. The zero-order chi connectivity index (χ0) is 19.0. The van der Waals surface area contributed by atoms with Crippen molar-refractivity contribution in [3.8, 4) is 6.07 Å². The number of aldehydes is 1. The van der Waals surface area contributed by atoms with Gasteiger partial charge in [-0.3, -0.25) is 4.79 Å². The van der Waals surface area contributed by atoms with Gasteiger partial charge in [-0.25, -0.2) is 4.98 Å². The van der Waals surface area contributed by atoms with Crippen LogP contribution in [0.5, 0.6) is 0 Å². The number of nitrogens with zero attached hydrogens (tertiary/aromatic N) is 4. The average Bonchev–Trinajstić information content (AvgIpc) is 2.98. The van der Waals surface area contributed by atoms with Crippen molar-refractivity contribution in [1.82, 2.24) is 9.55 Å². The maximum absolute atomic E-state index is 11.8. The van der Waals surface area contributed by atoms with E-state index in [2.05, 4.69) is 45.3 Å². The predicted molar refractivity (Wildman–Crippen MR) is 106 cm³/mol. The highest BCUT2D eigenvalue weighted by molar-refractivity contribution is 6.04. The van der Waals surface area contributed by atoms with Crippen molar-refractivity contribution in [3.63, 3.8) is 0 Å². The number of allylic oxidation sites excluding steroid dienone is 1. The third kappa shape index (κ3) is 2.70. The number of hydrogen-bond donors (Lipinski definition) is 0. The quantitative estimate of drug-likeness (QED) is 0.527. The lowest BCUT2D eigenvalue weighted by molar-refractivity contribution is 0.112. The molecule has 1 aliphatic rings. The van der Waals surface area contributed by atoms with Crippen molar-refractivity contribution in [2.45, 2.75) is 26.4 Å². The van der Waals surface area contributed by atoms with Gasteiger partial charge in [-0.05, 0) is 30.5 Å². The molecule has 0 saturated carbocycles. The van der Waals surface area contributed by atoms with Gasteiger partial charge in [0.15, 0.2) is 12.1 Å². The number of hydrogen-bond acceptors (Lipinski definition) is 4. The minimum atomic E-state index is 0.329. The van der Waals surface area contributed by atoms with E-state index in [-0.39, 0.29) is 0 Å². The van der Waals surface area contributed by atoms with Crippen LogP contribution >= 0.6 is 0 Å². The number of aromatic nitrogens is 2. The highest BCUT2D eigenvalue weighted by atomic mass is 16.1. The molecule has 1 aromatic carbocycles. The molecule has 5 nitrogen and oxygen atoms in total. The largest absolute Gasteiger partial charge is 0.350 e. The molecule has 2 aromatic heterocycles. The van der Waals surface area contributed by atoms with Gasteiger partial charge in [-0.15, -0.1) is 6.58 Å². The van der Waals surface area contributed by atoms with E-state index < -0.39 is 0 Å². The molecule has 0 radical (unpaired) electrons. The average molecular weight is 356 g/mol. The van der Waals surface area contributed by atoms with Gasteiger partial charge >= 0.3 is 0 Å². The third-order valence-corrected chi connectivity index (χ3v) is 5.30. The van der Waals surface area contributed by atoms with Gasteiger partial charge in [0.2, 0.25) is 0 Å². The summed E-state index contributed by atoms with van der Waals surface area (Å²) in [6, 6.07) is 12.3. The van der Waals surface area contributed by atoms with Crippen molar-refractivity contribution in [2.24, 2.45) is 0 Å². The Balaban J connectivity index is 1.96. The van der Waals surface area contributed by atoms with Gasteiger partial charge in [0.1, 0.15) is 11.8 Å². The second-order valence-electron chi connectivity index (χ2n) is 6.80. The van der Waals surface area contributed by atoms with Crippen LogP contribution in [0, 0.1) is 18.3 Å². The van der Waals surface area contributed by atoms with Crippen LogP contribution in [0.1, 0.15) is 32.9 Å². The second-order valence-corrected chi connectivity index (χ2v) is 6.80. The molecule has 4 rings (SSSR count). The van der Waals surface area contributed by atoms with Crippen LogP contribution in [0.2, 0.25) is 0 Å². The van der Waals surface area contributed by atoms with E-state index >= 15 is 0 Å². The van der Waals surface area contributed by atoms with Crippen molar-refractivity contribution in [2.75, 3.05) is 11.4 Å². The van der Waals surface area contributed by atoms with Crippen LogP contribution in [0.25, 0.3) is 10.9 Å². The van der Waals surface area contributed by atoms with Gasteiger partial charge in [-0.2, -0.15) is 5.26 Å². The molecule has 3 aromatic rings. The first-order chi connectivity index (χ1) is 13.2. The minimum Gasteiger partial charge on any atom is -0.350 e. The second kappa shape index (κ2) is 6.73. The van der Waals surface area contributed by atoms with Crippen molar-refractivity contribution >= 4 is 23.0 Å². The maximum Gasteiger partial charge on any atom is 0.155 e. The summed E-state index contributed by atoms with van der Waals surface area (Å²) < 4.78 is 2.07. The standard InChI is InChI=1S/C22H20N4O/c1-3-9-26-15(2)20(14-27)19-11-18(12-23)24-22(21(19)26)25-10-8-16-6-4-5-7-17(16)13-25/h3-7,11,14H,1,8-10,13H2,2H3. The topological polar surface area (TPSA) is 61.9 Å². The Kier molecular flexibility index (Phi) is 4.25. The first-order valence-electron chi connectivity index (χ1n) is 8.99. The van der Waals surface area contributed by atoms with Crippen LogP contribution < -0.4 is 4.90 Å². The fourth-order valence-corrected chi connectivity index (χ4v) is 3.96. The number of pyridine rings is 1. The fraction of sp³-hybridized carbons (Fsp3) is 0.227. The zero-order valence-corrected chi connectivity index (χ0v) is 15.3. The summed E-state index contributed by atoms with van der Waals surface area (Å²) >= 11 is 0. The van der Waals surface area contributed by atoms with E-state index in [0.717, 1.165) is 48.2 Å². The van der Waals surface area contributed by atoms with Crippen LogP contribution in [0.4, 0.5) is 5.82 Å². The highest BCUT2D eigenvalue weighted by Crippen LogP contribution is 2.34. The van der Waals surface area contributed by atoms with Crippen LogP contribution in [0.3, 0.4) is 0 Å². The molecule has 0 bridgehead atoms. The Hall–Kier alpha value is -3.39. The van der Waals surface area contributed by atoms with E-state index in [9.17, 15) is 10.1 Å². The molecule has 0 atom stereocenters. The SMILES string of the molecule is C=CCn1c(C)c(C=O)c2cc(C#N)nc(N3CCc4ccccc4C3)c21. The first kappa shape index (κ1) is 17.0. The van der Waals surface area contributed by atoms with Crippen molar-refractivity contribution in [1.29, 1.82) is 5.26 Å². The lowest BCUT2D eigenvalue weighted by Crippen LogP contribution is -2.31. The molecule has 3 heterocycles. The number of carbonyl (C=O) groups excluding carboxylic acids is 1. The Morgan fingerprint density at radius 2 is 2.11 bits per heavy atom. The molecule has 0 saturated heterocycles. The van der Waals surface area contributed by atoms with Crippen LogP contribution in [-0.4, -0.2) is 22.4 Å². The Bertz CT molecular complexity index is 1100. The van der Waals surface area contributed by atoms with E-state index in [1.54, 1.807) is 6.07 Å². The normalized spacial score (nSPS) is 13.3. The fourth-order valence-electron chi connectivity index (χ4n) is 3.96. The molecule has 134 valence electrons. The van der Waals surface area contributed by atoms with Gasteiger partial charge in [0, 0.05) is 36.3 Å². The van der Waals surface area contributed by atoms with Crippen molar-refractivity contribution in [3.05, 3.63) is 71.1 Å². The maximum atomic E-state index is 11.8. The van der Waals surface area contributed by atoms with Gasteiger partial charge in [0.05, 0.1) is 5.52 Å². The molecule has 27 heavy (non-hydrogen) atoms. The van der Waals surface area contributed by atoms with E-state index in [1.165, 1.54) is 11.1 Å². The molecular formula is C22H20N4O. The molecule has 0 fully saturated rings. The van der Waals surface area contributed by atoms with Crippen LogP contribution in [-0.2, 0) is 19.5 Å². The first-order valence-corrected chi connectivity index (χ1v) is 8.99. The summed E-state index contributed by atoms with van der Waals surface area (Å²) in [6.45, 7) is 7.92. The van der Waals surface area contributed by atoms with E-state index in [4.69, 9.17) is 0 Å². The van der Waals surface area contributed by atoms with Crippen molar-refractivity contribution < 1.29 is 4.79 Å². The Morgan fingerprint density at radius 3 is 2.81 bits per heavy atom. The number of anilines is 1. The highest BCUT2D eigenvalue weighted by Gasteiger charge is 2.24. The molecule has 0 aliphatic carbocycles. The van der Waals surface area contributed by atoms with Gasteiger partial charge in [0.25, 0.3) is 0 Å². The predicted octanol–water partition coefficient (Wildman–Crippen LogP) is 3.78. The van der Waals surface area contributed by atoms with Crippen LogP contribution in [0.15, 0.2) is 43.0 Å². The Labute approximate surface area is 158 Å². The molecule has 0 amide bonds.